The van der Waals surface area contributed by atoms with E-state index in [1.54, 1.807) is 29.6 Å². The SMILES string of the molecule is COc1ccc(S(=O)(=O)N2CCC(N(C)C)C2)cc1Br. The first kappa shape index (κ1) is 15.8. The van der Waals surface area contributed by atoms with Crippen LogP contribution in [0.1, 0.15) is 6.42 Å². The molecule has 7 heteroatoms. The van der Waals surface area contributed by atoms with Crippen LogP contribution in [-0.4, -0.2) is 58.0 Å². The second-order valence-electron chi connectivity index (χ2n) is 5.07. The Labute approximate surface area is 128 Å². The van der Waals surface area contributed by atoms with Gasteiger partial charge in [-0.15, -0.1) is 0 Å². The van der Waals surface area contributed by atoms with E-state index in [1.807, 2.05) is 14.1 Å². The molecule has 1 aromatic rings. The van der Waals surface area contributed by atoms with Crippen LogP contribution in [-0.2, 0) is 10.0 Å². The van der Waals surface area contributed by atoms with E-state index >= 15 is 0 Å². The van der Waals surface area contributed by atoms with Crippen LogP contribution in [0.5, 0.6) is 5.75 Å². The van der Waals surface area contributed by atoms with Gasteiger partial charge in [0, 0.05) is 19.1 Å². The van der Waals surface area contributed by atoms with Gasteiger partial charge in [0.25, 0.3) is 0 Å². The smallest absolute Gasteiger partial charge is 0.243 e. The van der Waals surface area contributed by atoms with Crippen molar-refractivity contribution in [2.75, 3.05) is 34.3 Å². The molecule has 0 spiro atoms. The molecule has 0 amide bonds. The molecule has 1 aliphatic heterocycles. The Kier molecular flexibility index (Phi) is 4.73. The molecule has 1 atom stereocenters. The Morgan fingerprint density at radius 2 is 2.10 bits per heavy atom. The largest absolute Gasteiger partial charge is 0.496 e. The summed E-state index contributed by atoms with van der Waals surface area (Å²) in [4.78, 5) is 2.36. The monoisotopic (exact) mass is 362 g/mol. The lowest BCUT2D eigenvalue weighted by Gasteiger charge is -2.20. The van der Waals surface area contributed by atoms with Crippen molar-refractivity contribution >= 4 is 26.0 Å². The van der Waals surface area contributed by atoms with Crippen molar-refractivity contribution in [3.05, 3.63) is 22.7 Å². The zero-order chi connectivity index (χ0) is 14.9. The molecule has 1 fully saturated rings. The fraction of sp³-hybridized carbons (Fsp3) is 0.538. The average Bonchev–Trinajstić information content (AvgIpc) is 2.89. The molecule has 1 saturated heterocycles. The number of likely N-dealkylation sites (N-methyl/N-ethyl adjacent to an activating group) is 1. The van der Waals surface area contributed by atoms with Gasteiger partial charge in [0.2, 0.25) is 10.0 Å². The molecule has 1 heterocycles. The predicted molar refractivity (Wildman–Crippen MR) is 81.5 cm³/mol. The van der Waals surface area contributed by atoms with Crippen molar-refractivity contribution < 1.29 is 13.2 Å². The molecule has 20 heavy (non-hydrogen) atoms. The second-order valence-corrected chi connectivity index (χ2v) is 7.86. The zero-order valence-electron chi connectivity index (χ0n) is 11.8. The molecule has 0 aromatic heterocycles. The van der Waals surface area contributed by atoms with Crippen LogP contribution in [0.15, 0.2) is 27.6 Å². The van der Waals surface area contributed by atoms with Gasteiger partial charge in [-0.1, -0.05) is 0 Å². The maximum Gasteiger partial charge on any atom is 0.243 e. The molecule has 0 saturated carbocycles. The highest BCUT2D eigenvalue weighted by Crippen LogP contribution is 2.30. The standard InChI is InChI=1S/C13H19BrN2O3S/c1-15(2)10-6-7-16(9-10)20(17,18)11-4-5-13(19-3)12(14)8-11/h4-5,8,10H,6-7,9H2,1-3H3. The summed E-state index contributed by atoms with van der Waals surface area (Å²) in [6.07, 6.45) is 0.865. The summed E-state index contributed by atoms with van der Waals surface area (Å²) in [5, 5.41) is 0. The van der Waals surface area contributed by atoms with Gasteiger partial charge in [-0.2, -0.15) is 4.31 Å². The minimum absolute atomic E-state index is 0.284. The Morgan fingerprint density at radius 3 is 2.60 bits per heavy atom. The molecule has 5 nitrogen and oxygen atoms in total. The summed E-state index contributed by atoms with van der Waals surface area (Å²) in [7, 11) is 2.07. The highest BCUT2D eigenvalue weighted by molar-refractivity contribution is 9.10. The molecule has 0 N–H and O–H groups in total. The zero-order valence-corrected chi connectivity index (χ0v) is 14.2. The number of rotatable bonds is 4. The fourth-order valence-electron chi connectivity index (χ4n) is 2.31. The molecule has 0 aliphatic carbocycles. The molecule has 1 aliphatic rings. The first-order valence-electron chi connectivity index (χ1n) is 6.36. The first-order valence-corrected chi connectivity index (χ1v) is 8.59. The first-order chi connectivity index (χ1) is 9.36. The Balaban J connectivity index is 2.25. The molecular weight excluding hydrogens is 344 g/mol. The van der Waals surface area contributed by atoms with Crippen LogP contribution in [0.4, 0.5) is 0 Å². The van der Waals surface area contributed by atoms with E-state index in [0.717, 1.165) is 6.42 Å². The van der Waals surface area contributed by atoms with Gasteiger partial charge in [-0.05, 0) is 54.6 Å². The number of ether oxygens (including phenoxy) is 1. The van der Waals surface area contributed by atoms with E-state index in [1.165, 1.54) is 0 Å². The summed E-state index contributed by atoms with van der Waals surface area (Å²) in [6.45, 7) is 1.10. The van der Waals surface area contributed by atoms with E-state index in [0.29, 0.717) is 28.2 Å². The molecule has 1 unspecified atom stereocenters. The van der Waals surface area contributed by atoms with E-state index in [-0.39, 0.29) is 6.04 Å². The molecule has 0 bridgehead atoms. The number of hydrogen-bond acceptors (Lipinski definition) is 4. The Hall–Kier alpha value is -0.630. The maximum atomic E-state index is 12.6. The van der Waals surface area contributed by atoms with Gasteiger partial charge >= 0.3 is 0 Å². The third-order valence-electron chi connectivity index (χ3n) is 3.62. The fourth-order valence-corrected chi connectivity index (χ4v) is 4.52. The predicted octanol–water partition coefficient (Wildman–Crippen LogP) is 1.78. The van der Waals surface area contributed by atoms with Gasteiger partial charge in [0.05, 0.1) is 16.5 Å². The van der Waals surface area contributed by atoms with Gasteiger partial charge in [0.1, 0.15) is 5.75 Å². The quantitative estimate of drug-likeness (QED) is 0.819. The maximum absolute atomic E-state index is 12.6. The van der Waals surface area contributed by atoms with Crippen LogP contribution in [0.2, 0.25) is 0 Å². The number of benzene rings is 1. The third kappa shape index (κ3) is 3.00. The minimum Gasteiger partial charge on any atom is -0.496 e. The molecule has 0 radical (unpaired) electrons. The van der Waals surface area contributed by atoms with E-state index < -0.39 is 10.0 Å². The normalized spacial score (nSPS) is 20.6. The summed E-state index contributed by atoms with van der Waals surface area (Å²) in [5.41, 5.74) is 0. The number of hydrogen-bond donors (Lipinski definition) is 0. The average molecular weight is 363 g/mol. The van der Waals surface area contributed by atoms with E-state index in [2.05, 4.69) is 20.8 Å². The van der Waals surface area contributed by atoms with Crippen molar-refractivity contribution in [3.8, 4) is 5.75 Å². The number of halogens is 1. The van der Waals surface area contributed by atoms with Crippen LogP contribution in [0.25, 0.3) is 0 Å². The molecule has 1 aromatic carbocycles. The minimum atomic E-state index is -3.43. The number of methoxy groups -OCH3 is 1. The van der Waals surface area contributed by atoms with E-state index in [9.17, 15) is 8.42 Å². The van der Waals surface area contributed by atoms with Gasteiger partial charge in [0.15, 0.2) is 0 Å². The number of nitrogens with zero attached hydrogens (tertiary/aromatic N) is 2. The Bertz CT molecular complexity index is 589. The molecular formula is C13H19BrN2O3S. The van der Waals surface area contributed by atoms with Crippen molar-refractivity contribution in [3.63, 3.8) is 0 Å². The lowest BCUT2D eigenvalue weighted by molar-refractivity contribution is 0.302. The lowest BCUT2D eigenvalue weighted by atomic mass is 10.2. The number of sulfonamides is 1. The van der Waals surface area contributed by atoms with Gasteiger partial charge in [-0.25, -0.2) is 8.42 Å². The lowest BCUT2D eigenvalue weighted by Crippen LogP contribution is -2.34. The molecule has 112 valence electrons. The summed E-state index contributed by atoms with van der Waals surface area (Å²) in [5.74, 6) is 0.622. The van der Waals surface area contributed by atoms with Crippen molar-refractivity contribution in [2.24, 2.45) is 0 Å². The topological polar surface area (TPSA) is 49.9 Å². The van der Waals surface area contributed by atoms with Crippen molar-refractivity contribution in [1.29, 1.82) is 0 Å². The summed E-state index contributed by atoms with van der Waals surface area (Å²) >= 11 is 3.33. The van der Waals surface area contributed by atoms with Crippen LogP contribution in [0, 0.1) is 0 Å². The summed E-state index contributed by atoms with van der Waals surface area (Å²) in [6, 6.07) is 5.13. The van der Waals surface area contributed by atoms with Crippen LogP contribution >= 0.6 is 15.9 Å². The summed E-state index contributed by atoms with van der Waals surface area (Å²) < 4.78 is 32.5. The third-order valence-corrected chi connectivity index (χ3v) is 6.10. The van der Waals surface area contributed by atoms with Crippen LogP contribution < -0.4 is 4.74 Å². The van der Waals surface area contributed by atoms with Crippen LogP contribution in [0.3, 0.4) is 0 Å². The second kappa shape index (κ2) is 6.01. The highest BCUT2D eigenvalue weighted by Gasteiger charge is 2.33. The van der Waals surface area contributed by atoms with Gasteiger partial charge < -0.3 is 9.64 Å². The van der Waals surface area contributed by atoms with Gasteiger partial charge in [-0.3, -0.25) is 0 Å². The van der Waals surface area contributed by atoms with E-state index in [4.69, 9.17) is 4.74 Å². The Morgan fingerprint density at radius 1 is 1.40 bits per heavy atom. The molecule has 2 rings (SSSR count). The van der Waals surface area contributed by atoms with Crippen molar-refractivity contribution in [2.45, 2.75) is 17.4 Å². The van der Waals surface area contributed by atoms with Crippen molar-refractivity contribution in [1.82, 2.24) is 9.21 Å². The highest BCUT2D eigenvalue weighted by atomic mass is 79.9.